The van der Waals surface area contributed by atoms with Crippen molar-refractivity contribution >= 4 is 5.69 Å². The van der Waals surface area contributed by atoms with Gasteiger partial charge in [-0.15, -0.1) is 0 Å². The molecular weight excluding hydrogens is 224 g/mol. The summed E-state index contributed by atoms with van der Waals surface area (Å²) in [6.07, 6.45) is 3.64. The lowest BCUT2D eigenvalue weighted by Gasteiger charge is -2.36. The summed E-state index contributed by atoms with van der Waals surface area (Å²) in [5, 5.41) is 3.44. The van der Waals surface area contributed by atoms with Gasteiger partial charge in [0.1, 0.15) is 5.75 Å². The minimum atomic E-state index is 0.305. The highest BCUT2D eigenvalue weighted by Crippen LogP contribution is 2.47. The van der Waals surface area contributed by atoms with Gasteiger partial charge in [0, 0.05) is 29.3 Å². The Bertz CT molecular complexity index is 490. The standard InChI is InChI=1S/C15H20N2O/c1-17-6-3-15(4-7-17)10-18-14-9-13-11(2-5-16-13)8-12(14)15/h8-9,16H,2-7,10H2,1H3. The molecule has 1 aromatic rings. The molecule has 1 aromatic carbocycles. The predicted octanol–water partition coefficient (Wildman–Crippen LogP) is 2.01. The van der Waals surface area contributed by atoms with E-state index in [0.717, 1.165) is 18.9 Å². The van der Waals surface area contributed by atoms with Gasteiger partial charge in [0.2, 0.25) is 0 Å². The van der Waals surface area contributed by atoms with Crippen LogP contribution in [0.2, 0.25) is 0 Å². The van der Waals surface area contributed by atoms with E-state index in [0.29, 0.717) is 5.41 Å². The number of nitrogens with zero attached hydrogens (tertiary/aromatic N) is 1. The molecule has 0 aliphatic carbocycles. The van der Waals surface area contributed by atoms with Crippen LogP contribution in [0, 0.1) is 0 Å². The third kappa shape index (κ3) is 1.40. The van der Waals surface area contributed by atoms with Crippen molar-refractivity contribution in [1.82, 2.24) is 4.90 Å². The van der Waals surface area contributed by atoms with E-state index in [9.17, 15) is 0 Å². The molecule has 1 saturated heterocycles. The second kappa shape index (κ2) is 3.64. The maximum atomic E-state index is 5.99. The van der Waals surface area contributed by atoms with Crippen molar-refractivity contribution in [1.29, 1.82) is 0 Å². The Morgan fingerprint density at radius 1 is 1.28 bits per heavy atom. The van der Waals surface area contributed by atoms with Gasteiger partial charge in [-0.05, 0) is 51.0 Å². The summed E-state index contributed by atoms with van der Waals surface area (Å²) in [4.78, 5) is 2.43. The largest absolute Gasteiger partial charge is 0.492 e. The minimum Gasteiger partial charge on any atom is -0.492 e. The molecule has 3 aliphatic rings. The summed E-state index contributed by atoms with van der Waals surface area (Å²) in [5.74, 6) is 1.13. The highest BCUT2D eigenvalue weighted by Gasteiger charge is 2.43. The number of rotatable bonds is 0. The molecule has 0 amide bonds. The molecule has 0 atom stereocenters. The van der Waals surface area contributed by atoms with Crippen LogP contribution in [0.15, 0.2) is 12.1 Å². The summed E-state index contributed by atoms with van der Waals surface area (Å²) in [5.41, 5.74) is 4.56. The minimum absolute atomic E-state index is 0.305. The molecule has 0 unspecified atom stereocenters. The van der Waals surface area contributed by atoms with Crippen LogP contribution in [-0.4, -0.2) is 38.2 Å². The summed E-state index contributed by atoms with van der Waals surface area (Å²) < 4.78 is 5.99. The lowest BCUT2D eigenvalue weighted by atomic mass is 9.74. The van der Waals surface area contributed by atoms with Crippen LogP contribution in [-0.2, 0) is 11.8 Å². The van der Waals surface area contributed by atoms with E-state index < -0.39 is 0 Å². The molecule has 1 N–H and O–H groups in total. The normalized spacial score (nSPS) is 24.5. The van der Waals surface area contributed by atoms with Crippen molar-refractivity contribution in [2.75, 3.05) is 38.6 Å². The van der Waals surface area contributed by atoms with Gasteiger partial charge in [-0.3, -0.25) is 0 Å². The van der Waals surface area contributed by atoms with Crippen molar-refractivity contribution in [3.63, 3.8) is 0 Å². The topological polar surface area (TPSA) is 24.5 Å². The van der Waals surface area contributed by atoms with E-state index in [1.807, 2.05) is 0 Å². The van der Waals surface area contributed by atoms with E-state index in [2.05, 4.69) is 29.4 Å². The lowest BCUT2D eigenvalue weighted by Crippen LogP contribution is -2.41. The Morgan fingerprint density at radius 2 is 2.11 bits per heavy atom. The molecule has 4 rings (SSSR count). The molecule has 3 heterocycles. The van der Waals surface area contributed by atoms with Gasteiger partial charge in [-0.1, -0.05) is 0 Å². The zero-order chi connectivity index (χ0) is 12.2. The van der Waals surface area contributed by atoms with E-state index in [4.69, 9.17) is 4.74 Å². The maximum absolute atomic E-state index is 5.99. The maximum Gasteiger partial charge on any atom is 0.125 e. The third-order valence-corrected chi connectivity index (χ3v) is 4.93. The molecule has 0 saturated carbocycles. The van der Waals surface area contributed by atoms with Crippen molar-refractivity contribution in [3.8, 4) is 5.75 Å². The fraction of sp³-hybridized carbons (Fsp3) is 0.600. The molecule has 1 fully saturated rings. The van der Waals surface area contributed by atoms with Gasteiger partial charge < -0.3 is 15.0 Å². The Kier molecular flexibility index (Phi) is 2.16. The lowest BCUT2D eigenvalue weighted by molar-refractivity contribution is 0.155. The molecule has 96 valence electrons. The van der Waals surface area contributed by atoms with Crippen LogP contribution in [0.5, 0.6) is 5.75 Å². The summed E-state index contributed by atoms with van der Waals surface area (Å²) in [6.45, 7) is 4.35. The first-order valence-electron chi connectivity index (χ1n) is 6.99. The Labute approximate surface area is 108 Å². The van der Waals surface area contributed by atoms with E-state index in [1.165, 1.54) is 49.2 Å². The number of likely N-dealkylation sites (tertiary alicyclic amines) is 1. The highest BCUT2D eigenvalue weighted by molar-refractivity contribution is 5.63. The van der Waals surface area contributed by atoms with Crippen LogP contribution in [0.1, 0.15) is 24.0 Å². The second-order valence-corrected chi connectivity index (χ2v) is 6.05. The summed E-state index contributed by atoms with van der Waals surface area (Å²) >= 11 is 0. The van der Waals surface area contributed by atoms with Crippen molar-refractivity contribution < 1.29 is 4.74 Å². The number of ether oxygens (including phenoxy) is 1. The van der Waals surface area contributed by atoms with Gasteiger partial charge in [0.05, 0.1) is 6.61 Å². The Hall–Kier alpha value is -1.22. The van der Waals surface area contributed by atoms with Crippen molar-refractivity contribution in [2.45, 2.75) is 24.7 Å². The van der Waals surface area contributed by atoms with E-state index in [-0.39, 0.29) is 0 Å². The summed E-state index contributed by atoms with van der Waals surface area (Å²) in [6, 6.07) is 4.65. The molecule has 3 nitrogen and oxygen atoms in total. The number of fused-ring (bicyclic) bond motifs is 3. The van der Waals surface area contributed by atoms with Crippen LogP contribution in [0.3, 0.4) is 0 Å². The van der Waals surface area contributed by atoms with Gasteiger partial charge in [0.15, 0.2) is 0 Å². The van der Waals surface area contributed by atoms with Crippen molar-refractivity contribution in [3.05, 3.63) is 23.3 Å². The molecule has 0 bridgehead atoms. The van der Waals surface area contributed by atoms with Gasteiger partial charge in [0.25, 0.3) is 0 Å². The highest BCUT2D eigenvalue weighted by atomic mass is 16.5. The zero-order valence-electron chi connectivity index (χ0n) is 11.0. The van der Waals surface area contributed by atoms with Gasteiger partial charge in [-0.25, -0.2) is 0 Å². The fourth-order valence-electron chi connectivity index (χ4n) is 3.62. The number of nitrogens with one attached hydrogen (secondary N) is 1. The van der Waals surface area contributed by atoms with Crippen LogP contribution >= 0.6 is 0 Å². The first kappa shape index (κ1) is 10.7. The van der Waals surface area contributed by atoms with Crippen LogP contribution in [0.25, 0.3) is 0 Å². The SMILES string of the molecule is CN1CCC2(CC1)COc1cc3c(cc12)CCN3. The number of benzene rings is 1. The number of hydrogen-bond donors (Lipinski definition) is 1. The number of piperidine rings is 1. The molecule has 0 aromatic heterocycles. The molecule has 3 aliphatic heterocycles. The smallest absolute Gasteiger partial charge is 0.125 e. The number of hydrogen-bond acceptors (Lipinski definition) is 3. The molecule has 1 spiro atoms. The van der Waals surface area contributed by atoms with Crippen LogP contribution in [0.4, 0.5) is 5.69 Å². The monoisotopic (exact) mass is 244 g/mol. The van der Waals surface area contributed by atoms with Gasteiger partial charge in [-0.2, -0.15) is 0 Å². The average Bonchev–Trinajstić information content (AvgIpc) is 2.96. The fourth-order valence-corrected chi connectivity index (χ4v) is 3.62. The first-order chi connectivity index (χ1) is 8.77. The van der Waals surface area contributed by atoms with E-state index in [1.54, 1.807) is 0 Å². The number of anilines is 1. The van der Waals surface area contributed by atoms with E-state index >= 15 is 0 Å². The average molecular weight is 244 g/mol. The molecule has 3 heteroatoms. The first-order valence-corrected chi connectivity index (χ1v) is 6.99. The third-order valence-electron chi connectivity index (χ3n) is 4.93. The predicted molar refractivity (Wildman–Crippen MR) is 72.5 cm³/mol. The summed E-state index contributed by atoms with van der Waals surface area (Å²) in [7, 11) is 2.22. The quantitative estimate of drug-likeness (QED) is 0.755. The van der Waals surface area contributed by atoms with Gasteiger partial charge >= 0.3 is 0 Å². The Morgan fingerprint density at radius 3 is 2.94 bits per heavy atom. The second-order valence-electron chi connectivity index (χ2n) is 6.05. The van der Waals surface area contributed by atoms with Crippen molar-refractivity contribution in [2.24, 2.45) is 0 Å². The molecule has 18 heavy (non-hydrogen) atoms. The Balaban J connectivity index is 1.75. The van der Waals surface area contributed by atoms with Crippen LogP contribution < -0.4 is 10.1 Å². The molecule has 0 radical (unpaired) electrons. The zero-order valence-corrected chi connectivity index (χ0v) is 11.0. The molecular formula is C15H20N2O.